The summed E-state index contributed by atoms with van der Waals surface area (Å²) >= 11 is 0. The van der Waals surface area contributed by atoms with Crippen LogP contribution in [-0.2, 0) is 5.54 Å². The fraction of sp³-hybridized carbons (Fsp3) is 0.111. The van der Waals surface area contributed by atoms with Crippen LogP contribution in [0.25, 0.3) is 5.57 Å². The first-order valence-electron chi connectivity index (χ1n) is 10.9. The Morgan fingerprint density at radius 1 is 0.489 bits per heavy atom. The Kier molecular flexibility index (Phi) is 7.88. The summed E-state index contributed by atoms with van der Waals surface area (Å²) in [7, 11) is 0. The lowest BCUT2D eigenvalue weighted by atomic mass is 9.71. The van der Waals surface area contributed by atoms with Gasteiger partial charge in [-0.1, -0.05) is 0 Å². The summed E-state index contributed by atoms with van der Waals surface area (Å²) in [5, 5.41) is 108. The summed E-state index contributed by atoms with van der Waals surface area (Å²) in [4.78, 5) is 93.4. The normalized spacial score (nSPS) is 15.9. The molecule has 0 saturated heterocycles. The number of allylic oxidation sites excluding steroid dienone is 1. The maximum Gasteiger partial charge on any atom is 0.303 e. The van der Waals surface area contributed by atoms with E-state index < -0.39 is 118 Å². The standard InChI is InChI=1S/C18H7N9O18/c28-19(29)7-1-10(22(34)35)15(11(2-7)23(36)37)17-14(26(42)43)5-9(21(32)33)6-18(17,27(44)45)16-12(24(38)39)3-8(20(30)31)4-13(16)25(40)41/h1-5H,6H2. The van der Waals surface area contributed by atoms with E-state index in [0.717, 1.165) is 0 Å². The minimum absolute atomic E-state index is 0.0526. The monoisotopic (exact) mass is 637 g/mol. The highest BCUT2D eigenvalue weighted by Crippen LogP contribution is 2.57. The zero-order valence-electron chi connectivity index (χ0n) is 21.0. The first-order valence-corrected chi connectivity index (χ1v) is 10.9. The van der Waals surface area contributed by atoms with Crippen molar-refractivity contribution in [2.24, 2.45) is 0 Å². The number of hydrogen-bond acceptors (Lipinski definition) is 18. The first-order chi connectivity index (χ1) is 20.8. The Bertz CT molecular complexity index is 1830. The first kappa shape index (κ1) is 32.0. The lowest BCUT2D eigenvalue weighted by molar-refractivity contribution is -0.571. The molecule has 1 unspecified atom stereocenters. The van der Waals surface area contributed by atoms with E-state index in [1.54, 1.807) is 0 Å². The van der Waals surface area contributed by atoms with Gasteiger partial charge < -0.3 is 0 Å². The smallest absolute Gasteiger partial charge is 0.263 e. The van der Waals surface area contributed by atoms with Crippen LogP contribution in [0.5, 0.6) is 0 Å². The molecule has 0 N–H and O–H groups in total. The van der Waals surface area contributed by atoms with Gasteiger partial charge in [-0.25, -0.2) is 0 Å². The van der Waals surface area contributed by atoms with Gasteiger partial charge in [0.05, 0.1) is 69.7 Å². The summed E-state index contributed by atoms with van der Waals surface area (Å²) in [6, 6.07) is -0.300. The quantitative estimate of drug-likeness (QED) is 0.252. The Morgan fingerprint density at radius 2 is 0.867 bits per heavy atom. The minimum atomic E-state index is -4.18. The van der Waals surface area contributed by atoms with E-state index >= 15 is 0 Å². The maximum atomic E-state index is 13.0. The highest BCUT2D eigenvalue weighted by atomic mass is 16.7. The average molecular weight is 637 g/mol. The van der Waals surface area contributed by atoms with Crippen molar-refractivity contribution in [3.05, 3.63) is 144 Å². The second kappa shape index (κ2) is 11.1. The molecule has 0 amide bonds. The van der Waals surface area contributed by atoms with Gasteiger partial charge in [0.25, 0.3) is 45.5 Å². The maximum absolute atomic E-state index is 13.0. The molecular formula is C18H7N9O18. The molecule has 1 atom stereocenters. The number of non-ortho nitro benzene ring substituents is 2. The molecule has 0 heterocycles. The molecule has 0 spiro atoms. The molecule has 2 aromatic rings. The summed E-state index contributed by atoms with van der Waals surface area (Å²) in [5.41, 5.74) is -23.8. The number of nitro groups is 9. The number of hydrogen-bond donors (Lipinski definition) is 0. The van der Waals surface area contributed by atoms with Crippen molar-refractivity contribution in [1.82, 2.24) is 0 Å². The molecule has 1 aliphatic carbocycles. The van der Waals surface area contributed by atoms with Gasteiger partial charge in [0.2, 0.25) is 0 Å². The third kappa shape index (κ3) is 5.20. The number of nitro benzene ring substituents is 6. The van der Waals surface area contributed by atoms with E-state index in [4.69, 9.17) is 0 Å². The van der Waals surface area contributed by atoms with Crippen molar-refractivity contribution >= 4 is 39.7 Å². The molecule has 27 nitrogen and oxygen atoms in total. The van der Waals surface area contributed by atoms with Crippen LogP contribution in [0.2, 0.25) is 0 Å². The van der Waals surface area contributed by atoms with Crippen molar-refractivity contribution in [3.8, 4) is 0 Å². The number of nitrogens with zero attached hydrogens (tertiary/aromatic N) is 9. The molecule has 0 aromatic heterocycles. The molecule has 3 rings (SSSR count). The largest absolute Gasteiger partial charge is 0.303 e. The molecule has 27 heteroatoms. The van der Waals surface area contributed by atoms with Gasteiger partial charge in [-0.05, 0) is 0 Å². The highest BCUT2D eigenvalue weighted by molar-refractivity contribution is 5.90. The van der Waals surface area contributed by atoms with Gasteiger partial charge >= 0.3 is 5.54 Å². The lowest BCUT2D eigenvalue weighted by Crippen LogP contribution is -2.42. The van der Waals surface area contributed by atoms with Gasteiger partial charge in [-0.15, -0.1) is 0 Å². The van der Waals surface area contributed by atoms with Crippen molar-refractivity contribution in [3.63, 3.8) is 0 Å². The average Bonchev–Trinajstić information content (AvgIpc) is 2.94. The van der Waals surface area contributed by atoms with E-state index in [0.29, 0.717) is 0 Å². The van der Waals surface area contributed by atoms with Crippen molar-refractivity contribution < 1.29 is 44.3 Å². The molecule has 0 bridgehead atoms. The number of benzene rings is 2. The van der Waals surface area contributed by atoms with E-state index in [-0.39, 0.29) is 30.3 Å². The fourth-order valence-electron chi connectivity index (χ4n) is 4.56. The van der Waals surface area contributed by atoms with Crippen molar-refractivity contribution in [2.45, 2.75) is 12.0 Å². The minimum Gasteiger partial charge on any atom is -0.263 e. The van der Waals surface area contributed by atoms with Crippen LogP contribution in [0.1, 0.15) is 17.5 Å². The van der Waals surface area contributed by atoms with Crippen LogP contribution >= 0.6 is 0 Å². The SMILES string of the molecule is O=[N+]([O-])C1=CC([N+](=O)[O-])=C(c2c([N+](=O)[O-])cc([N+](=O)[O-])cc2[N+](=O)[O-])C(c2c([N+](=O)[O-])cc([N+](=O)[O-])cc2[N+](=O)[O-])([N+](=O)[O-])C1. The van der Waals surface area contributed by atoms with Crippen LogP contribution in [0, 0.1) is 91.0 Å². The van der Waals surface area contributed by atoms with E-state index in [1.807, 2.05) is 0 Å². The van der Waals surface area contributed by atoms with Gasteiger partial charge in [-0.2, -0.15) is 0 Å². The van der Waals surface area contributed by atoms with E-state index in [2.05, 4.69) is 0 Å². The molecular weight excluding hydrogens is 630 g/mol. The summed E-state index contributed by atoms with van der Waals surface area (Å²) in [6.45, 7) is 0. The Morgan fingerprint density at radius 3 is 1.16 bits per heavy atom. The summed E-state index contributed by atoms with van der Waals surface area (Å²) in [6.07, 6.45) is -2.04. The molecule has 232 valence electrons. The molecule has 0 radical (unpaired) electrons. The van der Waals surface area contributed by atoms with Crippen molar-refractivity contribution in [2.75, 3.05) is 0 Å². The zero-order chi connectivity index (χ0) is 34.3. The van der Waals surface area contributed by atoms with Gasteiger partial charge in [0.1, 0.15) is 17.6 Å². The molecule has 2 aromatic carbocycles. The molecule has 0 aliphatic heterocycles. The highest BCUT2D eigenvalue weighted by Gasteiger charge is 2.66. The van der Waals surface area contributed by atoms with Gasteiger partial charge in [0.15, 0.2) is 5.56 Å². The zero-order valence-corrected chi connectivity index (χ0v) is 21.0. The van der Waals surface area contributed by atoms with Gasteiger partial charge in [0, 0.05) is 4.92 Å². The predicted molar refractivity (Wildman–Crippen MR) is 135 cm³/mol. The third-order valence-electron chi connectivity index (χ3n) is 6.19. The second-order valence-corrected chi connectivity index (χ2v) is 8.46. The van der Waals surface area contributed by atoms with E-state index in [9.17, 15) is 91.0 Å². The summed E-state index contributed by atoms with van der Waals surface area (Å²) in [5.74, 6) is 0. The van der Waals surface area contributed by atoms with Crippen LogP contribution in [0.15, 0.2) is 41.7 Å². The molecule has 45 heavy (non-hydrogen) atoms. The lowest BCUT2D eigenvalue weighted by Gasteiger charge is -2.28. The molecule has 1 aliphatic rings. The Labute approximate surface area is 240 Å². The van der Waals surface area contributed by atoms with E-state index in [1.165, 1.54) is 0 Å². The Hall–Kier alpha value is -7.48. The van der Waals surface area contributed by atoms with Crippen LogP contribution in [0.3, 0.4) is 0 Å². The predicted octanol–water partition coefficient (Wildman–Crippen LogP) is 2.86. The van der Waals surface area contributed by atoms with Crippen LogP contribution < -0.4 is 0 Å². The van der Waals surface area contributed by atoms with Crippen LogP contribution in [0.4, 0.5) is 34.1 Å². The summed E-state index contributed by atoms with van der Waals surface area (Å²) < 4.78 is 0. The Balaban J connectivity index is 2.91. The van der Waals surface area contributed by atoms with Crippen molar-refractivity contribution in [1.29, 1.82) is 0 Å². The molecule has 0 saturated carbocycles. The molecule has 0 fully saturated rings. The second-order valence-electron chi connectivity index (χ2n) is 8.46. The van der Waals surface area contributed by atoms with Gasteiger partial charge in [-0.3, -0.25) is 91.0 Å². The fourth-order valence-corrected chi connectivity index (χ4v) is 4.56. The number of rotatable bonds is 11. The topological polar surface area (TPSA) is 388 Å². The van der Waals surface area contributed by atoms with Crippen LogP contribution in [-0.4, -0.2) is 44.3 Å². The third-order valence-corrected chi connectivity index (χ3v) is 6.19.